The van der Waals surface area contributed by atoms with E-state index in [1.807, 2.05) is 13.8 Å². The molecule has 9 nitrogen and oxygen atoms in total. The van der Waals surface area contributed by atoms with Crippen LogP contribution in [0, 0.1) is 6.92 Å². The Balaban J connectivity index is 1.62. The van der Waals surface area contributed by atoms with Gasteiger partial charge in [0.05, 0.1) is 19.1 Å². The van der Waals surface area contributed by atoms with Crippen molar-refractivity contribution in [1.82, 2.24) is 20.2 Å². The minimum Gasteiger partial charge on any atom is -0.416 e. The maximum atomic E-state index is 11.8. The quantitative estimate of drug-likeness (QED) is 0.748. The molecule has 130 valence electrons. The molecule has 1 aliphatic heterocycles. The fourth-order valence-electron chi connectivity index (χ4n) is 2.37. The third kappa shape index (κ3) is 3.94. The van der Waals surface area contributed by atoms with Gasteiger partial charge >= 0.3 is 5.69 Å². The van der Waals surface area contributed by atoms with Gasteiger partial charge in [0, 0.05) is 17.0 Å². The molecule has 2 aromatic heterocycles. The molecule has 0 bridgehead atoms. The Bertz CT molecular complexity index is 840. The average molecular weight is 354 g/mol. The highest BCUT2D eigenvalue weighted by molar-refractivity contribution is 7.99. The number of rotatable bonds is 5. The Morgan fingerprint density at radius 2 is 2.08 bits per heavy atom. The number of hydrogen-bond acceptors (Lipinski definition) is 8. The van der Waals surface area contributed by atoms with E-state index in [4.69, 9.17) is 13.9 Å². The van der Waals surface area contributed by atoms with Gasteiger partial charge in [-0.1, -0.05) is 11.8 Å². The first kappa shape index (κ1) is 16.9. The monoisotopic (exact) mass is 354 g/mol. The predicted octanol–water partition coefficient (Wildman–Crippen LogP) is 0.589. The van der Waals surface area contributed by atoms with E-state index >= 15 is 0 Å². The van der Waals surface area contributed by atoms with Crippen molar-refractivity contribution < 1.29 is 13.9 Å². The number of nitrogens with one attached hydrogen (secondary N) is 2. The van der Waals surface area contributed by atoms with Crippen LogP contribution in [0.4, 0.5) is 0 Å². The number of aryl methyl sites for hydroxylation is 1. The molecule has 0 saturated carbocycles. The van der Waals surface area contributed by atoms with Crippen LogP contribution in [-0.2, 0) is 15.9 Å². The maximum absolute atomic E-state index is 11.8. The third-order valence-corrected chi connectivity index (χ3v) is 4.44. The summed E-state index contributed by atoms with van der Waals surface area (Å²) in [7, 11) is 0. The van der Waals surface area contributed by atoms with Gasteiger partial charge in [0.25, 0.3) is 10.8 Å². The van der Waals surface area contributed by atoms with Crippen LogP contribution in [0.1, 0.15) is 31.0 Å². The molecule has 0 radical (unpaired) electrons. The molecule has 1 aliphatic rings. The maximum Gasteiger partial charge on any atom is 0.325 e. The number of thioether (sulfide) groups is 1. The van der Waals surface area contributed by atoms with Gasteiger partial charge in [-0.2, -0.15) is 0 Å². The Morgan fingerprint density at radius 1 is 1.29 bits per heavy atom. The minimum atomic E-state index is -0.561. The van der Waals surface area contributed by atoms with E-state index in [1.165, 1.54) is 11.8 Å². The molecule has 2 N–H and O–H groups in total. The van der Waals surface area contributed by atoms with Gasteiger partial charge in [0.15, 0.2) is 5.79 Å². The fourth-order valence-corrected chi connectivity index (χ4v) is 3.11. The summed E-state index contributed by atoms with van der Waals surface area (Å²) in [6.45, 7) is 5.91. The van der Waals surface area contributed by atoms with E-state index in [1.54, 1.807) is 6.92 Å². The van der Waals surface area contributed by atoms with Crippen molar-refractivity contribution in [2.75, 3.05) is 12.4 Å². The molecule has 0 spiro atoms. The van der Waals surface area contributed by atoms with Crippen LogP contribution in [0.3, 0.4) is 0 Å². The number of H-pyrrole nitrogens is 2. The SMILES string of the molecule is Cc1[nH]c(=O)[nH]c(=O)c1Cc1nnc(SCC2COC(C)(C)O2)o1. The molecule has 0 aromatic carbocycles. The number of aromatic nitrogens is 4. The summed E-state index contributed by atoms with van der Waals surface area (Å²) in [5, 5.41) is 8.29. The third-order valence-electron chi connectivity index (χ3n) is 3.49. The molecule has 1 atom stereocenters. The van der Waals surface area contributed by atoms with E-state index in [9.17, 15) is 9.59 Å². The number of ether oxygens (including phenoxy) is 2. The van der Waals surface area contributed by atoms with Gasteiger partial charge in [-0.3, -0.25) is 9.78 Å². The average Bonchev–Trinajstić information content (AvgIpc) is 3.07. The zero-order valence-electron chi connectivity index (χ0n) is 13.5. The lowest BCUT2D eigenvalue weighted by atomic mass is 10.2. The van der Waals surface area contributed by atoms with E-state index < -0.39 is 17.0 Å². The van der Waals surface area contributed by atoms with Crippen molar-refractivity contribution in [2.45, 2.75) is 44.3 Å². The molecule has 3 rings (SSSR count). The molecule has 1 unspecified atom stereocenters. The van der Waals surface area contributed by atoms with Gasteiger partial charge in [-0.05, 0) is 20.8 Å². The summed E-state index contributed by atoms with van der Waals surface area (Å²) in [6.07, 6.45) is 0.117. The van der Waals surface area contributed by atoms with E-state index in [0.717, 1.165) is 0 Å². The standard InChI is InChI=1S/C14H18N4O5S/c1-7-9(11(19)16-12(20)15-7)4-10-17-18-13(22-10)24-6-8-5-21-14(2,3)23-8/h8H,4-6H2,1-3H3,(H2,15,16,19,20). The van der Waals surface area contributed by atoms with Crippen molar-refractivity contribution >= 4 is 11.8 Å². The lowest BCUT2D eigenvalue weighted by Crippen LogP contribution is -2.27. The largest absolute Gasteiger partial charge is 0.416 e. The zero-order chi connectivity index (χ0) is 17.3. The van der Waals surface area contributed by atoms with Gasteiger partial charge in [-0.25, -0.2) is 4.79 Å². The zero-order valence-corrected chi connectivity index (χ0v) is 14.4. The lowest BCUT2D eigenvalue weighted by molar-refractivity contribution is -0.135. The molecule has 24 heavy (non-hydrogen) atoms. The van der Waals surface area contributed by atoms with Crippen molar-refractivity contribution in [3.05, 3.63) is 38.0 Å². The molecule has 0 amide bonds. The Labute approximate surface area is 141 Å². The van der Waals surface area contributed by atoms with Crippen LogP contribution in [0.2, 0.25) is 0 Å². The van der Waals surface area contributed by atoms with Crippen LogP contribution in [0.5, 0.6) is 0 Å². The number of aromatic amines is 2. The van der Waals surface area contributed by atoms with Crippen LogP contribution in [0.25, 0.3) is 0 Å². The first-order valence-electron chi connectivity index (χ1n) is 7.41. The van der Waals surface area contributed by atoms with Crippen LogP contribution in [0.15, 0.2) is 19.2 Å². The second-order valence-electron chi connectivity index (χ2n) is 5.91. The highest BCUT2D eigenvalue weighted by atomic mass is 32.2. The molecular formula is C14H18N4O5S. The smallest absolute Gasteiger partial charge is 0.325 e. The van der Waals surface area contributed by atoms with Gasteiger partial charge in [-0.15, -0.1) is 10.2 Å². The number of hydrogen-bond donors (Lipinski definition) is 2. The highest BCUT2D eigenvalue weighted by Crippen LogP contribution is 2.27. The van der Waals surface area contributed by atoms with Gasteiger partial charge in [0.2, 0.25) is 5.89 Å². The van der Waals surface area contributed by atoms with Crippen LogP contribution < -0.4 is 11.2 Å². The molecular weight excluding hydrogens is 336 g/mol. The van der Waals surface area contributed by atoms with Crippen LogP contribution >= 0.6 is 11.8 Å². The molecule has 2 aromatic rings. The Kier molecular flexibility index (Phi) is 4.61. The van der Waals surface area contributed by atoms with E-state index in [2.05, 4.69) is 20.2 Å². The second-order valence-corrected chi connectivity index (χ2v) is 6.88. The van der Waals surface area contributed by atoms with Crippen molar-refractivity contribution in [1.29, 1.82) is 0 Å². The van der Waals surface area contributed by atoms with Gasteiger partial charge in [0.1, 0.15) is 0 Å². The van der Waals surface area contributed by atoms with Crippen molar-refractivity contribution in [3.8, 4) is 0 Å². The van der Waals surface area contributed by atoms with Crippen molar-refractivity contribution in [2.24, 2.45) is 0 Å². The fraction of sp³-hybridized carbons (Fsp3) is 0.571. The summed E-state index contributed by atoms with van der Waals surface area (Å²) in [5.74, 6) is 0.374. The molecule has 3 heterocycles. The molecule has 0 aliphatic carbocycles. The summed E-state index contributed by atoms with van der Waals surface area (Å²) in [6, 6.07) is 0. The lowest BCUT2D eigenvalue weighted by Gasteiger charge is -2.16. The summed E-state index contributed by atoms with van der Waals surface area (Å²) < 4.78 is 16.7. The minimum absolute atomic E-state index is 0.0374. The van der Waals surface area contributed by atoms with Gasteiger partial charge < -0.3 is 18.9 Å². The number of nitrogens with zero attached hydrogens (tertiary/aromatic N) is 2. The summed E-state index contributed by atoms with van der Waals surface area (Å²) in [5.41, 5.74) is -0.119. The first-order chi connectivity index (χ1) is 11.3. The molecule has 1 fully saturated rings. The Morgan fingerprint density at radius 3 is 2.75 bits per heavy atom. The van der Waals surface area contributed by atoms with Crippen molar-refractivity contribution in [3.63, 3.8) is 0 Å². The molecule has 1 saturated heterocycles. The normalized spacial score (nSPS) is 19.7. The highest BCUT2D eigenvalue weighted by Gasteiger charge is 2.32. The van der Waals surface area contributed by atoms with E-state index in [-0.39, 0.29) is 12.5 Å². The first-order valence-corrected chi connectivity index (χ1v) is 8.40. The van der Waals surface area contributed by atoms with E-state index in [0.29, 0.717) is 34.7 Å². The predicted molar refractivity (Wildman–Crippen MR) is 85.2 cm³/mol. The van der Waals surface area contributed by atoms with Crippen LogP contribution in [-0.4, -0.2) is 44.4 Å². The molecule has 10 heteroatoms. The second kappa shape index (κ2) is 6.54. The summed E-state index contributed by atoms with van der Waals surface area (Å²) >= 11 is 1.37. The Hall–Kier alpha value is -1.91. The summed E-state index contributed by atoms with van der Waals surface area (Å²) in [4.78, 5) is 27.7. The topological polar surface area (TPSA) is 123 Å².